The van der Waals surface area contributed by atoms with E-state index in [2.05, 4.69) is 0 Å². The van der Waals surface area contributed by atoms with E-state index in [1.165, 1.54) is 0 Å². The molecule has 1 fully saturated rings. The Balaban J connectivity index is 2.34. The van der Waals surface area contributed by atoms with E-state index >= 15 is 0 Å². The number of carbonyl (C=O) groups is 1. The molecule has 0 radical (unpaired) electrons. The van der Waals surface area contributed by atoms with Crippen LogP contribution in [0.2, 0.25) is 0 Å². The summed E-state index contributed by atoms with van der Waals surface area (Å²) in [5.41, 5.74) is 0. The predicted octanol–water partition coefficient (Wildman–Crippen LogP) is 1.07. The summed E-state index contributed by atoms with van der Waals surface area (Å²) in [5, 5.41) is 0. The van der Waals surface area contributed by atoms with Gasteiger partial charge in [0.25, 0.3) is 0 Å². The van der Waals surface area contributed by atoms with Crippen LogP contribution < -0.4 is 0 Å². The number of carbonyl (C=O) groups excluding carboxylic acids is 1. The van der Waals surface area contributed by atoms with Crippen LogP contribution in [-0.4, -0.2) is 18.4 Å². The largest absolute Gasteiger partial charge is 0.434 e. The molecule has 0 amide bonds. The molecular weight excluding hydrogens is 132 g/mol. The summed E-state index contributed by atoms with van der Waals surface area (Å²) in [4.78, 5) is 10.7. The topological polar surface area (TPSA) is 35.5 Å². The third kappa shape index (κ3) is 1.48. The summed E-state index contributed by atoms with van der Waals surface area (Å²) in [5.74, 6) is -0.238. The van der Waals surface area contributed by atoms with Gasteiger partial charge in [-0.25, -0.2) is 4.79 Å². The molecule has 0 aromatic rings. The summed E-state index contributed by atoms with van der Waals surface area (Å²) >= 11 is 0. The van der Waals surface area contributed by atoms with E-state index < -0.39 is 0 Å². The van der Waals surface area contributed by atoms with Crippen LogP contribution in [0.15, 0.2) is 0 Å². The fraction of sp³-hybridized carbons (Fsp3) is 0.857. The fourth-order valence-electron chi connectivity index (χ4n) is 0.899. The normalized spacial score (nSPS) is 32.4. The number of rotatable bonds is 2. The Kier molecular flexibility index (Phi) is 2.27. The van der Waals surface area contributed by atoms with Gasteiger partial charge in [0.1, 0.15) is 0 Å². The third-order valence-corrected chi connectivity index (χ3v) is 1.46. The quantitative estimate of drug-likeness (QED) is 0.544. The van der Waals surface area contributed by atoms with E-state index in [1.54, 1.807) is 6.92 Å². The summed E-state index contributed by atoms with van der Waals surface area (Å²) < 4.78 is 10.00. The Bertz CT molecular complexity index is 133. The molecule has 58 valence electrons. The van der Waals surface area contributed by atoms with Gasteiger partial charge in [-0.2, -0.15) is 0 Å². The standard InChI is InChI=1S/C7H12O3/c1-3-4-6-9-5(2)7(8)10-6/h5-6H,3-4H2,1-2H3. The third-order valence-electron chi connectivity index (χ3n) is 1.46. The lowest BCUT2D eigenvalue weighted by Crippen LogP contribution is -2.09. The van der Waals surface area contributed by atoms with Crippen LogP contribution in [0.4, 0.5) is 0 Å². The summed E-state index contributed by atoms with van der Waals surface area (Å²) in [7, 11) is 0. The number of ether oxygens (including phenoxy) is 2. The molecule has 1 rings (SSSR count). The molecule has 1 saturated heterocycles. The summed E-state index contributed by atoms with van der Waals surface area (Å²) in [6.07, 6.45) is 1.13. The molecule has 2 unspecified atom stereocenters. The van der Waals surface area contributed by atoms with Crippen molar-refractivity contribution in [1.29, 1.82) is 0 Å². The monoisotopic (exact) mass is 144 g/mol. The summed E-state index contributed by atoms with van der Waals surface area (Å²) in [6.45, 7) is 3.73. The van der Waals surface area contributed by atoms with Crippen molar-refractivity contribution in [1.82, 2.24) is 0 Å². The average molecular weight is 144 g/mol. The van der Waals surface area contributed by atoms with Crippen molar-refractivity contribution in [3.63, 3.8) is 0 Å². The average Bonchev–Trinajstić information content (AvgIpc) is 2.14. The van der Waals surface area contributed by atoms with E-state index in [0.717, 1.165) is 12.8 Å². The molecule has 0 aliphatic carbocycles. The van der Waals surface area contributed by atoms with Crippen molar-refractivity contribution in [2.75, 3.05) is 0 Å². The molecule has 1 aliphatic rings. The van der Waals surface area contributed by atoms with Crippen LogP contribution in [0.5, 0.6) is 0 Å². The van der Waals surface area contributed by atoms with E-state index in [4.69, 9.17) is 9.47 Å². The fourth-order valence-corrected chi connectivity index (χ4v) is 0.899. The zero-order chi connectivity index (χ0) is 7.56. The number of hydrogen-bond acceptors (Lipinski definition) is 3. The molecule has 0 aromatic heterocycles. The molecule has 2 atom stereocenters. The predicted molar refractivity (Wildman–Crippen MR) is 35.3 cm³/mol. The second-order valence-electron chi connectivity index (χ2n) is 2.43. The smallest absolute Gasteiger partial charge is 0.337 e. The van der Waals surface area contributed by atoms with Crippen LogP contribution in [0.1, 0.15) is 26.7 Å². The van der Waals surface area contributed by atoms with Crippen molar-refractivity contribution >= 4 is 5.97 Å². The molecule has 0 saturated carbocycles. The van der Waals surface area contributed by atoms with Crippen LogP contribution in [0.3, 0.4) is 0 Å². The zero-order valence-electron chi connectivity index (χ0n) is 6.29. The van der Waals surface area contributed by atoms with Gasteiger partial charge in [0.15, 0.2) is 6.10 Å². The first-order chi connectivity index (χ1) is 4.74. The maximum atomic E-state index is 10.7. The van der Waals surface area contributed by atoms with Gasteiger partial charge in [0, 0.05) is 6.42 Å². The molecule has 1 aliphatic heterocycles. The van der Waals surface area contributed by atoms with Crippen molar-refractivity contribution in [3.8, 4) is 0 Å². The number of hydrogen-bond donors (Lipinski definition) is 0. The Morgan fingerprint density at radius 3 is 2.70 bits per heavy atom. The number of cyclic esters (lactones) is 1. The second kappa shape index (κ2) is 3.01. The lowest BCUT2D eigenvalue weighted by Gasteiger charge is -2.04. The Labute approximate surface area is 60.3 Å². The van der Waals surface area contributed by atoms with Gasteiger partial charge < -0.3 is 9.47 Å². The molecule has 0 spiro atoms. The van der Waals surface area contributed by atoms with Crippen LogP contribution in [-0.2, 0) is 14.3 Å². The molecule has 3 nitrogen and oxygen atoms in total. The molecular formula is C7H12O3. The Morgan fingerprint density at radius 2 is 2.30 bits per heavy atom. The minimum absolute atomic E-state index is 0.238. The lowest BCUT2D eigenvalue weighted by molar-refractivity contribution is -0.143. The van der Waals surface area contributed by atoms with Crippen molar-refractivity contribution in [2.45, 2.75) is 39.1 Å². The Hall–Kier alpha value is -0.570. The van der Waals surface area contributed by atoms with E-state index in [1.807, 2.05) is 6.92 Å². The Morgan fingerprint density at radius 1 is 1.60 bits per heavy atom. The molecule has 3 heteroatoms. The van der Waals surface area contributed by atoms with Gasteiger partial charge >= 0.3 is 5.97 Å². The maximum Gasteiger partial charge on any atom is 0.337 e. The molecule has 10 heavy (non-hydrogen) atoms. The highest BCUT2D eigenvalue weighted by Gasteiger charge is 2.30. The van der Waals surface area contributed by atoms with Crippen LogP contribution in [0, 0.1) is 0 Å². The lowest BCUT2D eigenvalue weighted by atomic mass is 10.3. The molecule has 0 N–H and O–H groups in total. The first kappa shape index (κ1) is 7.54. The van der Waals surface area contributed by atoms with Crippen LogP contribution >= 0.6 is 0 Å². The van der Waals surface area contributed by atoms with Gasteiger partial charge in [0.2, 0.25) is 6.29 Å². The minimum atomic E-state index is -0.364. The van der Waals surface area contributed by atoms with Crippen LogP contribution in [0.25, 0.3) is 0 Å². The number of esters is 1. The van der Waals surface area contributed by atoms with E-state index in [-0.39, 0.29) is 18.4 Å². The SMILES string of the molecule is CCCC1OC(=O)C(C)O1. The first-order valence-electron chi connectivity index (χ1n) is 3.60. The first-order valence-corrected chi connectivity index (χ1v) is 3.60. The summed E-state index contributed by atoms with van der Waals surface area (Å²) in [6, 6.07) is 0. The highest BCUT2D eigenvalue weighted by atomic mass is 16.7. The molecule has 0 aromatic carbocycles. The van der Waals surface area contributed by atoms with E-state index in [9.17, 15) is 4.79 Å². The van der Waals surface area contributed by atoms with Gasteiger partial charge in [-0.15, -0.1) is 0 Å². The van der Waals surface area contributed by atoms with Gasteiger partial charge in [0.05, 0.1) is 0 Å². The van der Waals surface area contributed by atoms with Gasteiger partial charge in [-0.1, -0.05) is 13.3 Å². The highest BCUT2D eigenvalue weighted by Crippen LogP contribution is 2.16. The van der Waals surface area contributed by atoms with Crippen molar-refractivity contribution < 1.29 is 14.3 Å². The molecule has 0 bridgehead atoms. The van der Waals surface area contributed by atoms with Crippen molar-refractivity contribution in [2.24, 2.45) is 0 Å². The van der Waals surface area contributed by atoms with E-state index in [0.29, 0.717) is 0 Å². The maximum absolute atomic E-state index is 10.7. The molecule has 1 heterocycles. The highest BCUT2D eigenvalue weighted by molar-refractivity contribution is 5.75. The van der Waals surface area contributed by atoms with Gasteiger partial charge in [-0.3, -0.25) is 0 Å². The minimum Gasteiger partial charge on any atom is -0.434 e. The second-order valence-corrected chi connectivity index (χ2v) is 2.43. The van der Waals surface area contributed by atoms with Gasteiger partial charge in [-0.05, 0) is 6.92 Å². The van der Waals surface area contributed by atoms with Crippen molar-refractivity contribution in [3.05, 3.63) is 0 Å². The zero-order valence-corrected chi connectivity index (χ0v) is 6.29.